The number of rotatable bonds is 7. The minimum Gasteiger partial charge on any atom is -0.465 e. The van der Waals surface area contributed by atoms with Gasteiger partial charge < -0.3 is 14.8 Å². The maximum absolute atomic E-state index is 13.8. The summed E-state index contributed by atoms with van der Waals surface area (Å²) in [4.78, 5) is 51.5. The lowest BCUT2D eigenvalue weighted by molar-refractivity contribution is 0.0584. The molecule has 5 rings (SSSR count). The van der Waals surface area contributed by atoms with Gasteiger partial charge >= 0.3 is 11.9 Å². The number of nitrogens with one attached hydrogen (secondary N) is 1. The van der Waals surface area contributed by atoms with Gasteiger partial charge in [0, 0.05) is 26.7 Å². The molecule has 0 saturated heterocycles. The van der Waals surface area contributed by atoms with Gasteiger partial charge in [-0.25, -0.2) is 9.59 Å². The van der Waals surface area contributed by atoms with Crippen molar-refractivity contribution in [3.63, 3.8) is 0 Å². The van der Waals surface area contributed by atoms with Gasteiger partial charge in [-0.15, -0.1) is 0 Å². The van der Waals surface area contributed by atoms with Crippen molar-refractivity contribution in [1.29, 1.82) is 0 Å². The Labute approximate surface area is 249 Å². The Balaban J connectivity index is 1.50. The Morgan fingerprint density at radius 1 is 0.762 bits per heavy atom. The molecular weight excluding hydrogens is 600 g/mol. The fourth-order valence-electron chi connectivity index (χ4n) is 4.73. The Bertz CT molecular complexity index is 1860. The molecule has 0 aliphatic rings. The molecule has 0 fully saturated rings. The number of methoxy groups -OCH3 is 2. The number of halogens is 1. The first kappa shape index (κ1) is 28.5. The van der Waals surface area contributed by atoms with Crippen LogP contribution in [0.4, 0.5) is 5.69 Å². The average Bonchev–Trinajstić information content (AvgIpc) is 3.02. The van der Waals surface area contributed by atoms with Crippen molar-refractivity contribution in [3.8, 4) is 11.1 Å². The summed E-state index contributed by atoms with van der Waals surface area (Å²) in [7, 11) is 2.59. The number of anilines is 1. The van der Waals surface area contributed by atoms with Gasteiger partial charge in [0.25, 0.3) is 11.5 Å². The number of hydrogen-bond donors (Lipinski definition) is 1. The topological polar surface area (TPSA) is 104 Å². The third-order valence-electron chi connectivity index (χ3n) is 6.80. The average molecular weight is 625 g/mol. The monoisotopic (exact) mass is 624 g/mol. The molecular formula is C33H25BrN2O6. The number of fused-ring (bicyclic) bond motifs is 1. The van der Waals surface area contributed by atoms with Crippen molar-refractivity contribution in [3.05, 3.63) is 134 Å². The minimum atomic E-state index is -0.637. The summed E-state index contributed by atoms with van der Waals surface area (Å²) in [5.41, 5.74) is 3.14. The van der Waals surface area contributed by atoms with Gasteiger partial charge in [-0.05, 0) is 71.1 Å². The Kier molecular flexibility index (Phi) is 8.31. The van der Waals surface area contributed by atoms with Gasteiger partial charge in [-0.2, -0.15) is 0 Å². The predicted octanol–water partition coefficient (Wildman–Crippen LogP) is 6.30. The van der Waals surface area contributed by atoms with E-state index in [1.165, 1.54) is 18.8 Å². The van der Waals surface area contributed by atoms with E-state index in [9.17, 15) is 19.2 Å². The molecule has 0 aliphatic heterocycles. The van der Waals surface area contributed by atoms with E-state index in [0.717, 1.165) is 10.0 Å². The molecule has 9 heteroatoms. The molecule has 0 saturated carbocycles. The molecule has 0 unspecified atom stereocenters. The van der Waals surface area contributed by atoms with Crippen LogP contribution in [0.1, 0.15) is 36.8 Å². The van der Waals surface area contributed by atoms with E-state index in [1.54, 1.807) is 60.7 Å². The Morgan fingerprint density at radius 2 is 1.40 bits per heavy atom. The van der Waals surface area contributed by atoms with Gasteiger partial charge in [0.2, 0.25) is 0 Å². The SMILES string of the molecule is COC(=O)c1ccc(NC(=O)c2ccc(Cn3c(C(=O)OC)c(-c4ccccc4)c4cc(Br)ccc4c3=O)cc2)cc1. The van der Waals surface area contributed by atoms with Crippen LogP contribution in [0.5, 0.6) is 0 Å². The standard InChI is InChI=1S/C33H25BrN2O6/c1-41-32(39)23-12-15-25(16-13-23)35-30(37)22-10-8-20(9-11-22)19-36-29(33(40)42-2)28(21-6-4-3-5-7-21)27-18-24(34)14-17-26(27)31(36)38/h3-18H,19H2,1-2H3,(H,35,37). The highest BCUT2D eigenvalue weighted by atomic mass is 79.9. The molecule has 1 aromatic heterocycles. The molecule has 5 aromatic rings. The summed E-state index contributed by atoms with van der Waals surface area (Å²) in [6, 6.07) is 27.8. The molecule has 0 aliphatic carbocycles. The van der Waals surface area contributed by atoms with E-state index in [1.807, 2.05) is 36.4 Å². The smallest absolute Gasteiger partial charge is 0.355 e. The number of amides is 1. The lowest BCUT2D eigenvalue weighted by atomic mass is 9.96. The number of pyridine rings is 1. The van der Waals surface area contributed by atoms with Gasteiger partial charge in [-0.3, -0.25) is 14.2 Å². The Morgan fingerprint density at radius 3 is 2.05 bits per heavy atom. The molecule has 4 aromatic carbocycles. The maximum atomic E-state index is 13.8. The number of hydrogen-bond acceptors (Lipinski definition) is 6. The molecule has 42 heavy (non-hydrogen) atoms. The van der Waals surface area contributed by atoms with E-state index < -0.39 is 11.9 Å². The zero-order valence-electron chi connectivity index (χ0n) is 22.7. The zero-order valence-corrected chi connectivity index (χ0v) is 24.3. The van der Waals surface area contributed by atoms with E-state index in [4.69, 9.17) is 9.47 Å². The van der Waals surface area contributed by atoms with Crippen LogP contribution in [0.2, 0.25) is 0 Å². The molecule has 8 nitrogen and oxygen atoms in total. The summed E-state index contributed by atoms with van der Waals surface area (Å²) >= 11 is 3.49. The van der Waals surface area contributed by atoms with Crippen LogP contribution >= 0.6 is 15.9 Å². The number of carbonyl (C=O) groups excluding carboxylic acids is 3. The quantitative estimate of drug-likeness (QED) is 0.213. The highest BCUT2D eigenvalue weighted by molar-refractivity contribution is 9.10. The molecule has 1 N–H and O–H groups in total. The fourth-order valence-corrected chi connectivity index (χ4v) is 5.09. The van der Waals surface area contributed by atoms with Crippen LogP contribution in [-0.4, -0.2) is 36.6 Å². The molecule has 0 bridgehead atoms. The number of carbonyl (C=O) groups is 3. The first-order chi connectivity index (χ1) is 20.3. The largest absolute Gasteiger partial charge is 0.465 e. The summed E-state index contributed by atoms with van der Waals surface area (Å²) in [5, 5.41) is 3.88. The molecule has 1 amide bonds. The lowest BCUT2D eigenvalue weighted by Gasteiger charge is -2.19. The van der Waals surface area contributed by atoms with E-state index in [-0.39, 0.29) is 23.7 Å². The number of aromatic nitrogens is 1. The third-order valence-corrected chi connectivity index (χ3v) is 7.29. The van der Waals surface area contributed by atoms with Crippen molar-refractivity contribution >= 4 is 50.2 Å². The van der Waals surface area contributed by atoms with Crippen molar-refractivity contribution in [2.75, 3.05) is 19.5 Å². The number of benzene rings is 4. The molecule has 0 spiro atoms. The summed E-state index contributed by atoms with van der Waals surface area (Å²) in [5.74, 6) is -1.45. The van der Waals surface area contributed by atoms with Crippen LogP contribution < -0.4 is 10.9 Å². The first-order valence-corrected chi connectivity index (χ1v) is 13.7. The molecule has 1 heterocycles. The van der Waals surface area contributed by atoms with E-state index in [0.29, 0.717) is 38.7 Å². The van der Waals surface area contributed by atoms with Crippen LogP contribution in [0.15, 0.2) is 106 Å². The highest BCUT2D eigenvalue weighted by Gasteiger charge is 2.24. The van der Waals surface area contributed by atoms with Crippen LogP contribution in [0.25, 0.3) is 21.9 Å². The van der Waals surface area contributed by atoms with Crippen LogP contribution in [0.3, 0.4) is 0 Å². The molecule has 0 atom stereocenters. The second kappa shape index (κ2) is 12.2. The maximum Gasteiger partial charge on any atom is 0.355 e. The lowest BCUT2D eigenvalue weighted by Crippen LogP contribution is -2.28. The fraction of sp³-hybridized carbons (Fsp3) is 0.0909. The Hall–Kier alpha value is -5.02. The van der Waals surface area contributed by atoms with Crippen molar-refractivity contribution in [1.82, 2.24) is 4.57 Å². The zero-order chi connectivity index (χ0) is 29.8. The van der Waals surface area contributed by atoms with Gasteiger partial charge in [0.1, 0.15) is 5.69 Å². The minimum absolute atomic E-state index is 0.0754. The van der Waals surface area contributed by atoms with Crippen LogP contribution in [-0.2, 0) is 16.0 Å². The van der Waals surface area contributed by atoms with Crippen LogP contribution in [0, 0.1) is 0 Å². The second-order valence-electron chi connectivity index (χ2n) is 9.38. The number of ether oxygens (including phenoxy) is 2. The predicted molar refractivity (Wildman–Crippen MR) is 164 cm³/mol. The van der Waals surface area contributed by atoms with Gasteiger partial charge in [0.05, 0.1) is 26.3 Å². The van der Waals surface area contributed by atoms with Gasteiger partial charge in [-0.1, -0.05) is 58.4 Å². The number of nitrogens with zero attached hydrogens (tertiary/aromatic N) is 1. The van der Waals surface area contributed by atoms with Crippen molar-refractivity contribution in [2.24, 2.45) is 0 Å². The van der Waals surface area contributed by atoms with E-state index >= 15 is 0 Å². The summed E-state index contributed by atoms with van der Waals surface area (Å²) in [6.45, 7) is 0.0754. The molecule has 210 valence electrons. The van der Waals surface area contributed by atoms with E-state index in [2.05, 4.69) is 21.2 Å². The summed E-state index contributed by atoms with van der Waals surface area (Å²) < 4.78 is 12.0. The van der Waals surface area contributed by atoms with Gasteiger partial charge in [0.15, 0.2) is 0 Å². The van der Waals surface area contributed by atoms with Crippen molar-refractivity contribution < 1.29 is 23.9 Å². The third kappa shape index (κ3) is 5.73. The summed E-state index contributed by atoms with van der Waals surface area (Å²) in [6.07, 6.45) is 0. The van der Waals surface area contributed by atoms with Crippen molar-refractivity contribution in [2.45, 2.75) is 6.54 Å². The number of esters is 2. The second-order valence-corrected chi connectivity index (χ2v) is 10.3. The normalized spacial score (nSPS) is 10.7. The first-order valence-electron chi connectivity index (χ1n) is 12.9. The highest BCUT2D eigenvalue weighted by Crippen LogP contribution is 2.33. The molecule has 0 radical (unpaired) electrons.